The molecule has 10 nitrogen and oxygen atoms in total. The molecule has 4 rings (SSSR count). The molecule has 4 aliphatic rings. The monoisotopic (exact) mass is 561 g/mol. The quantitative estimate of drug-likeness (QED) is 0.328. The van der Waals surface area contributed by atoms with Gasteiger partial charge in [-0.15, -0.1) is 0 Å². The van der Waals surface area contributed by atoms with Crippen LogP contribution in [0, 0.1) is 35.0 Å². The Bertz CT molecular complexity index is 1080. The van der Waals surface area contributed by atoms with Crippen LogP contribution < -0.4 is 21.7 Å². The third-order valence-corrected chi connectivity index (χ3v) is 9.44. The number of amides is 5. The Morgan fingerprint density at radius 1 is 1.15 bits per heavy atom. The average Bonchev–Trinajstić information content (AvgIpc) is 3.46. The summed E-state index contributed by atoms with van der Waals surface area (Å²) in [7, 11) is 0. The fourth-order valence-electron chi connectivity index (χ4n) is 6.71. The van der Waals surface area contributed by atoms with Gasteiger partial charge in [0.25, 0.3) is 5.91 Å². The maximum atomic E-state index is 15.0. The molecule has 0 bridgehead atoms. The number of alkyl halides is 1. The first-order chi connectivity index (χ1) is 18.6. The van der Waals surface area contributed by atoms with E-state index in [1.165, 1.54) is 4.90 Å². The molecule has 0 aromatic heterocycles. The molecule has 2 heterocycles. The second-order valence-corrected chi connectivity index (χ2v) is 13.3. The van der Waals surface area contributed by atoms with Crippen molar-refractivity contribution in [2.24, 2.45) is 40.7 Å². The van der Waals surface area contributed by atoms with E-state index in [0.29, 0.717) is 19.4 Å². The molecule has 0 radical (unpaired) electrons. The summed E-state index contributed by atoms with van der Waals surface area (Å²) in [6.07, 6.45) is 5.61. The first-order valence-corrected chi connectivity index (χ1v) is 14.5. The van der Waals surface area contributed by atoms with Crippen molar-refractivity contribution in [2.75, 3.05) is 13.1 Å². The van der Waals surface area contributed by atoms with E-state index >= 15 is 0 Å². The minimum absolute atomic E-state index is 0.0252. The van der Waals surface area contributed by atoms with Gasteiger partial charge < -0.3 is 26.6 Å². The van der Waals surface area contributed by atoms with Crippen molar-refractivity contribution < 1.29 is 28.4 Å². The second-order valence-electron chi connectivity index (χ2n) is 13.3. The lowest BCUT2D eigenvalue weighted by Gasteiger charge is -2.39. The molecule has 11 heteroatoms. The number of carbonyl (C=O) groups is 5. The molecule has 222 valence electrons. The van der Waals surface area contributed by atoms with Gasteiger partial charge in [0, 0.05) is 19.0 Å². The fourth-order valence-corrected chi connectivity index (χ4v) is 6.71. The zero-order valence-electron chi connectivity index (χ0n) is 24.2. The Morgan fingerprint density at radius 3 is 2.33 bits per heavy atom. The average molecular weight is 562 g/mol. The van der Waals surface area contributed by atoms with Crippen LogP contribution in [0.4, 0.5) is 4.39 Å². The molecular formula is C29H44FN5O5. The number of nitrogens with zero attached hydrogens (tertiary/aromatic N) is 1. The number of hydrogen-bond donors (Lipinski definition) is 4. The van der Waals surface area contributed by atoms with E-state index in [2.05, 4.69) is 22.0 Å². The van der Waals surface area contributed by atoms with Crippen LogP contribution >= 0.6 is 0 Å². The number of halogens is 1. The third-order valence-electron chi connectivity index (χ3n) is 9.44. The van der Waals surface area contributed by atoms with E-state index in [1.807, 2.05) is 19.9 Å². The Morgan fingerprint density at radius 2 is 1.80 bits per heavy atom. The molecule has 1 saturated carbocycles. The molecule has 2 aliphatic carbocycles. The van der Waals surface area contributed by atoms with Crippen LogP contribution in [0.2, 0.25) is 0 Å². The van der Waals surface area contributed by atoms with E-state index in [9.17, 15) is 28.4 Å². The van der Waals surface area contributed by atoms with E-state index in [-0.39, 0.29) is 55.4 Å². The highest BCUT2D eigenvalue weighted by molar-refractivity contribution is 5.96. The van der Waals surface area contributed by atoms with Gasteiger partial charge >= 0.3 is 0 Å². The lowest BCUT2D eigenvalue weighted by Crippen LogP contribution is -2.62. The number of fused-ring (bicyclic) bond motifs is 1. The van der Waals surface area contributed by atoms with Crippen LogP contribution in [0.5, 0.6) is 0 Å². The summed E-state index contributed by atoms with van der Waals surface area (Å²) in [4.78, 5) is 67.0. The van der Waals surface area contributed by atoms with Gasteiger partial charge in [-0.2, -0.15) is 0 Å². The Balaban J connectivity index is 1.62. The maximum Gasteiger partial charge on any atom is 0.258 e. The first kappa shape index (κ1) is 30.0. The van der Waals surface area contributed by atoms with Gasteiger partial charge in [-0.3, -0.25) is 24.0 Å². The molecule has 40 heavy (non-hydrogen) atoms. The van der Waals surface area contributed by atoms with Crippen molar-refractivity contribution >= 4 is 29.5 Å². The molecular weight excluding hydrogens is 517 g/mol. The minimum atomic E-state index is -1.98. The molecule has 2 saturated heterocycles. The molecule has 0 aromatic rings. The Kier molecular flexibility index (Phi) is 8.34. The molecule has 2 aliphatic heterocycles. The predicted octanol–water partition coefficient (Wildman–Crippen LogP) is 1.19. The molecule has 0 spiro atoms. The normalized spacial score (nSPS) is 32.4. The fraction of sp³-hybridized carbons (Fsp3) is 0.759. The van der Waals surface area contributed by atoms with E-state index in [1.54, 1.807) is 20.8 Å². The van der Waals surface area contributed by atoms with Crippen LogP contribution in [0.15, 0.2) is 12.2 Å². The zero-order chi connectivity index (χ0) is 29.6. The molecule has 8 atom stereocenters. The van der Waals surface area contributed by atoms with E-state index in [4.69, 9.17) is 5.73 Å². The number of carbonyl (C=O) groups excluding carboxylic acids is 5. The van der Waals surface area contributed by atoms with Gasteiger partial charge in [0.1, 0.15) is 18.1 Å². The molecule has 5 amide bonds. The molecule has 3 fully saturated rings. The number of likely N-dealkylation sites (tertiary alicyclic amines) is 1. The largest absolute Gasteiger partial charge is 0.368 e. The van der Waals surface area contributed by atoms with Crippen molar-refractivity contribution in [3.63, 3.8) is 0 Å². The lowest BCUT2D eigenvalue weighted by molar-refractivity contribution is -0.149. The van der Waals surface area contributed by atoms with Crippen LogP contribution in [-0.4, -0.2) is 71.3 Å². The summed E-state index contributed by atoms with van der Waals surface area (Å²) in [5.74, 6) is -3.34. The number of rotatable bonds is 8. The van der Waals surface area contributed by atoms with E-state index in [0.717, 1.165) is 0 Å². The summed E-state index contributed by atoms with van der Waals surface area (Å²) in [5.41, 5.74) is 2.90. The second kappa shape index (κ2) is 11.1. The van der Waals surface area contributed by atoms with Crippen molar-refractivity contribution in [3.8, 4) is 0 Å². The van der Waals surface area contributed by atoms with Gasteiger partial charge in [0.05, 0.1) is 0 Å². The summed E-state index contributed by atoms with van der Waals surface area (Å²) in [5, 5.41) is 8.17. The number of nitrogens with two attached hydrogens (primary N) is 1. The first-order valence-electron chi connectivity index (χ1n) is 14.5. The lowest BCUT2D eigenvalue weighted by atomic mass is 9.71. The summed E-state index contributed by atoms with van der Waals surface area (Å²) < 4.78 is 15.0. The zero-order valence-corrected chi connectivity index (χ0v) is 24.2. The molecule has 0 unspecified atom stereocenters. The molecule has 5 N–H and O–H groups in total. The number of allylic oxidation sites excluding steroid dienone is 2. The number of primary amides is 1. The number of nitrogens with one attached hydrogen (secondary N) is 3. The van der Waals surface area contributed by atoms with Gasteiger partial charge in [-0.25, -0.2) is 4.39 Å². The van der Waals surface area contributed by atoms with Crippen molar-refractivity contribution in [3.05, 3.63) is 12.2 Å². The van der Waals surface area contributed by atoms with Gasteiger partial charge in [-0.1, -0.05) is 46.8 Å². The van der Waals surface area contributed by atoms with Gasteiger partial charge in [0.2, 0.25) is 23.6 Å². The van der Waals surface area contributed by atoms with Gasteiger partial charge in [-0.05, 0) is 61.2 Å². The maximum absolute atomic E-state index is 15.0. The highest BCUT2D eigenvalue weighted by Crippen LogP contribution is 2.45. The number of hydrogen-bond acceptors (Lipinski definition) is 5. The Labute approximate surface area is 235 Å². The standard InChI is InChI=1S/C29H44FN5O5/c1-15-7-8-16(2)20-18(15)14-35(26(39)22(28(3,4)5)34-27(40)29(30)10-6-11-29)21(20)25(38)33-19(23(31)36)13-17-9-12-32-24(17)37/h7-8,15-22H,6,9-14H2,1-5H3,(H2,31,36)(H,32,37)(H,33,38)(H,34,40)/t15-,16+,17-,18+,19-,20-,21-,22+/m0/s1. The van der Waals surface area contributed by atoms with Crippen LogP contribution in [-0.2, 0) is 24.0 Å². The van der Waals surface area contributed by atoms with E-state index < -0.39 is 58.8 Å². The Hall–Kier alpha value is -2.98. The molecule has 0 aromatic carbocycles. The smallest absolute Gasteiger partial charge is 0.258 e. The van der Waals surface area contributed by atoms with Crippen molar-refractivity contribution in [1.29, 1.82) is 0 Å². The summed E-state index contributed by atoms with van der Waals surface area (Å²) in [6.45, 7) is 10.2. The van der Waals surface area contributed by atoms with Crippen LogP contribution in [0.1, 0.15) is 66.7 Å². The highest BCUT2D eigenvalue weighted by atomic mass is 19.1. The topological polar surface area (TPSA) is 151 Å². The van der Waals surface area contributed by atoms with Crippen molar-refractivity contribution in [2.45, 2.75) is 90.5 Å². The van der Waals surface area contributed by atoms with Crippen LogP contribution in [0.3, 0.4) is 0 Å². The van der Waals surface area contributed by atoms with Gasteiger partial charge in [0.15, 0.2) is 5.67 Å². The third kappa shape index (κ3) is 5.74. The SMILES string of the molecule is C[C@@H]1C=C[C@H](C)[C@H]2CN(C(=O)[C@@H](NC(=O)C3(F)CCC3)C(C)(C)C)[C@H](C(=O)N[C@@H](C[C@@H]3CCNC3=O)C(N)=O)[C@H]21. The van der Waals surface area contributed by atoms with Crippen LogP contribution in [0.25, 0.3) is 0 Å². The predicted molar refractivity (Wildman–Crippen MR) is 146 cm³/mol. The highest BCUT2D eigenvalue weighted by Gasteiger charge is 2.55. The summed E-state index contributed by atoms with van der Waals surface area (Å²) >= 11 is 0. The van der Waals surface area contributed by atoms with Crippen molar-refractivity contribution in [1.82, 2.24) is 20.9 Å². The minimum Gasteiger partial charge on any atom is -0.368 e. The summed E-state index contributed by atoms with van der Waals surface area (Å²) in [6, 6.07) is -3.06.